The molecule has 1 unspecified atom stereocenters. The third-order valence-electron chi connectivity index (χ3n) is 6.96. The molecular formula is C31H29N7O3S. The molecule has 212 valence electrons. The predicted octanol–water partition coefficient (Wildman–Crippen LogP) is 4.64. The summed E-state index contributed by atoms with van der Waals surface area (Å²) < 4.78 is 11.2. The summed E-state index contributed by atoms with van der Waals surface area (Å²) in [6.07, 6.45) is -1.16. The van der Waals surface area contributed by atoms with Gasteiger partial charge in [-0.2, -0.15) is 0 Å². The van der Waals surface area contributed by atoms with E-state index in [9.17, 15) is 4.79 Å². The Morgan fingerprint density at radius 2 is 1.69 bits per heavy atom. The molecule has 4 aromatic rings. The Morgan fingerprint density at radius 1 is 1.00 bits per heavy atom. The van der Waals surface area contributed by atoms with Crippen LogP contribution in [0.5, 0.6) is 0 Å². The van der Waals surface area contributed by atoms with E-state index in [1.54, 1.807) is 0 Å². The van der Waals surface area contributed by atoms with E-state index in [0.717, 1.165) is 32.3 Å². The maximum atomic E-state index is 13.2. The minimum Gasteiger partial charge on any atom is -0.405 e. The maximum Gasteiger partial charge on any atom is 0.290 e. The molecule has 10 nitrogen and oxygen atoms in total. The van der Waals surface area contributed by atoms with Crippen LogP contribution in [0.2, 0.25) is 0 Å². The van der Waals surface area contributed by atoms with Crippen LogP contribution in [0.3, 0.4) is 0 Å². The van der Waals surface area contributed by atoms with Gasteiger partial charge in [0, 0.05) is 29.8 Å². The van der Waals surface area contributed by atoms with Gasteiger partial charge >= 0.3 is 0 Å². The van der Waals surface area contributed by atoms with E-state index < -0.39 is 18.1 Å². The number of benzene rings is 3. The second kappa shape index (κ2) is 11.9. The smallest absolute Gasteiger partial charge is 0.290 e. The van der Waals surface area contributed by atoms with Crippen molar-refractivity contribution in [3.8, 4) is 10.6 Å². The zero-order valence-electron chi connectivity index (χ0n) is 22.9. The van der Waals surface area contributed by atoms with Gasteiger partial charge in [0.2, 0.25) is 12.1 Å². The average Bonchev–Trinajstić information content (AvgIpc) is 3.41. The zero-order valence-corrected chi connectivity index (χ0v) is 23.7. The third-order valence-corrected chi connectivity index (χ3v) is 8.11. The number of aliphatic imine (C=N–C) groups is 1. The number of para-hydroxylation sites is 1. The Kier molecular flexibility index (Phi) is 7.76. The molecule has 0 saturated carbocycles. The van der Waals surface area contributed by atoms with Gasteiger partial charge < -0.3 is 25.0 Å². The number of ether oxygens (including phenoxy) is 2. The Hall–Kier alpha value is -4.87. The minimum absolute atomic E-state index is 0.297. The van der Waals surface area contributed by atoms with Crippen LogP contribution in [0.15, 0.2) is 83.9 Å². The first kappa shape index (κ1) is 27.3. The monoisotopic (exact) mass is 579 g/mol. The fourth-order valence-electron chi connectivity index (χ4n) is 4.85. The van der Waals surface area contributed by atoms with Gasteiger partial charge in [-0.3, -0.25) is 15.6 Å². The highest BCUT2D eigenvalue weighted by atomic mass is 32.1. The molecule has 0 radical (unpaired) electrons. The first-order chi connectivity index (χ1) is 20.5. The summed E-state index contributed by atoms with van der Waals surface area (Å²) in [6, 6.07) is 24.5. The molecule has 6 rings (SSSR count). The number of aryl methyl sites for hydroxylation is 1. The number of amidine groups is 1. The van der Waals surface area contributed by atoms with E-state index in [0.29, 0.717) is 43.4 Å². The van der Waals surface area contributed by atoms with Crippen molar-refractivity contribution < 1.29 is 14.3 Å². The fraction of sp³-hybridized carbons (Fsp3) is 0.194. The van der Waals surface area contributed by atoms with Gasteiger partial charge in [0.25, 0.3) is 11.9 Å². The van der Waals surface area contributed by atoms with Gasteiger partial charge in [-0.05, 0) is 18.6 Å². The molecule has 4 N–H and O–H groups in total. The number of nitrogens with one attached hydrogen (secondary N) is 4. The van der Waals surface area contributed by atoms with Crippen molar-refractivity contribution in [1.29, 1.82) is 10.8 Å². The van der Waals surface area contributed by atoms with Gasteiger partial charge in [-0.15, -0.1) is 0 Å². The third kappa shape index (κ3) is 5.65. The van der Waals surface area contributed by atoms with Gasteiger partial charge in [0.1, 0.15) is 10.0 Å². The number of fused-ring (bicyclic) bond motifs is 1. The fourth-order valence-corrected chi connectivity index (χ4v) is 6.06. The van der Waals surface area contributed by atoms with Crippen molar-refractivity contribution in [2.45, 2.75) is 13.1 Å². The number of carbonyl (C=O) groups excluding carboxylic acids is 1. The number of thiazole rings is 1. The molecule has 2 aliphatic heterocycles. The molecule has 2 aliphatic rings. The summed E-state index contributed by atoms with van der Waals surface area (Å²) >= 11 is 1.48. The average molecular weight is 580 g/mol. The normalized spacial score (nSPS) is 16.5. The molecule has 3 heterocycles. The molecule has 0 spiro atoms. The lowest BCUT2D eigenvalue weighted by Crippen LogP contribution is -2.43. The van der Waals surface area contributed by atoms with E-state index in [4.69, 9.17) is 30.3 Å². The van der Waals surface area contributed by atoms with Crippen LogP contribution < -0.4 is 15.5 Å². The van der Waals surface area contributed by atoms with Gasteiger partial charge in [0.05, 0.1) is 24.6 Å². The largest absolute Gasteiger partial charge is 0.405 e. The number of morpholine rings is 1. The van der Waals surface area contributed by atoms with Gasteiger partial charge in [-0.1, -0.05) is 84.1 Å². The summed E-state index contributed by atoms with van der Waals surface area (Å²) in [5.41, 5.74) is 5.19. The lowest BCUT2D eigenvalue weighted by atomic mass is 10.0. The van der Waals surface area contributed by atoms with E-state index in [1.165, 1.54) is 11.3 Å². The molecule has 1 atom stereocenters. The quantitative estimate of drug-likeness (QED) is 0.201. The Bertz CT molecular complexity index is 1680. The molecule has 1 saturated heterocycles. The van der Waals surface area contributed by atoms with Crippen molar-refractivity contribution in [2.75, 3.05) is 36.5 Å². The number of carbonyl (C=O) groups is 1. The Labute approximate surface area is 247 Å². The summed E-state index contributed by atoms with van der Waals surface area (Å²) in [7, 11) is 0. The number of nitrogens with zero attached hydrogens (tertiary/aromatic N) is 3. The maximum absolute atomic E-state index is 13.2. The summed E-state index contributed by atoms with van der Waals surface area (Å²) in [6.45, 7) is 4.48. The Morgan fingerprint density at radius 3 is 2.45 bits per heavy atom. The number of rotatable bonds is 5. The van der Waals surface area contributed by atoms with E-state index >= 15 is 0 Å². The minimum atomic E-state index is -1.16. The molecule has 42 heavy (non-hydrogen) atoms. The van der Waals surface area contributed by atoms with E-state index in [2.05, 4.69) is 15.5 Å². The lowest BCUT2D eigenvalue weighted by molar-refractivity contribution is -0.117. The number of amides is 1. The zero-order chi connectivity index (χ0) is 29.1. The summed E-state index contributed by atoms with van der Waals surface area (Å²) in [5.74, 6) is -0.743. The van der Waals surface area contributed by atoms with Crippen LogP contribution in [0, 0.1) is 17.7 Å². The number of anilines is 2. The van der Waals surface area contributed by atoms with Crippen molar-refractivity contribution in [3.63, 3.8) is 0 Å². The second-order valence-corrected chi connectivity index (χ2v) is 10.8. The number of benzodiazepines with no additional fused rings is 1. The lowest BCUT2D eigenvalue weighted by Gasteiger charge is -2.27. The molecule has 1 aromatic heterocycles. The van der Waals surface area contributed by atoms with E-state index in [1.807, 2.05) is 85.8 Å². The molecule has 1 amide bonds. The molecule has 1 fully saturated rings. The standard InChI is InChI=1S/C31H29N7O3S/c1-19-9-5-6-12-21(19)29-36-25(30(42-29)38-15-17-40-18-16-38)26(32)41-31(33)37-27-28(39)34-23-14-8-7-13-22(23)24(35-27)20-10-3-2-4-11-20/h2-14,27,32H,15-18H2,1H3,(H2,33,37)(H,34,39). The number of hydrogen-bond acceptors (Lipinski definition) is 9. The molecule has 11 heteroatoms. The summed E-state index contributed by atoms with van der Waals surface area (Å²) in [5, 5.41) is 24.5. The number of aromatic nitrogens is 1. The Balaban J connectivity index is 1.26. The van der Waals surface area contributed by atoms with Crippen molar-refractivity contribution in [1.82, 2.24) is 10.3 Å². The van der Waals surface area contributed by atoms with Crippen LogP contribution in [-0.2, 0) is 14.3 Å². The summed E-state index contributed by atoms with van der Waals surface area (Å²) in [4.78, 5) is 24.8. The highest BCUT2D eigenvalue weighted by molar-refractivity contribution is 7.19. The molecule has 0 bridgehead atoms. The number of hydrogen-bond donors (Lipinski definition) is 4. The van der Waals surface area contributed by atoms with Crippen LogP contribution in [0.1, 0.15) is 22.4 Å². The SMILES string of the molecule is Cc1ccccc1-c1nc(C(=N)OC(=N)NC2N=C(c3ccccc3)c3ccccc3NC2=O)c(N2CCOCC2)s1. The van der Waals surface area contributed by atoms with Crippen LogP contribution in [0.4, 0.5) is 10.7 Å². The van der Waals surface area contributed by atoms with E-state index in [-0.39, 0.29) is 5.90 Å². The molecule has 3 aromatic carbocycles. The second-order valence-electron chi connectivity index (χ2n) is 9.77. The van der Waals surface area contributed by atoms with Crippen LogP contribution >= 0.6 is 11.3 Å². The van der Waals surface area contributed by atoms with Gasteiger partial charge in [0.15, 0.2) is 5.69 Å². The van der Waals surface area contributed by atoms with Crippen LogP contribution in [0.25, 0.3) is 10.6 Å². The van der Waals surface area contributed by atoms with Crippen LogP contribution in [-0.4, -0.2) is 61.0 Å². The van der Waals surface area contributed by atoms with Gasteiger partial charge in [-0.25, -0.2) is 9.98 Å². The topological polar surface area (TPSA) is 136 Å². The highest BCUT2D eigenvalue weighted by Crippen LogP contribution is 2.37. The molecule has 0 aliphatic carbocycles. The van der Waals surface area contributed by atoms with Crippen molar-refractivity contribution in [3.05, 3.63) is 101 Å². The first-order valence-corrected chi connectivity index (χ1v) is 14.3. The molecular weight excluding hydrogens is 550 g/mol. The van der Waals surface area contributed by atoms with Crippen molar-refractivity contribution >= 4 is 45.6 Å². The first-order valence-electron chi connectivity index (χ1n) is 13.5. The highest BCUT2D eigenvalue weighted by Gasteiger charge is 2.29. The van der Waals surface area contributed by atoms with Crippen molar-refractivity contribution in [2.24, 2.45) is 4.99 Å². The predicted molar refractivity (Wildman–Crippen MR) is 165 cm³/mol.